The van der Waals surface area contributed by atoms with Crippen molar-refractivity contribution in [3.8, 4) is 0 Å². The van der Waals surface area contributed by atoms with Crippen molar-refractivity contribution in [3.63, 3.8) is 0 Å². The average Bonchev–Trinajstić information content (AvgIpc) is 2.48. The molecule has 6 nitrogen and oxygen atoms in total. The van der Waals surface area contributed by atoms with E-state index in [4.69, 9.17) is 9.47 Å². The SMILES string of the molecule is CO[C@@H]1COCC[C@H]1NC(=O)CN(C)Cc1ccncc1. The summed E-state index contributed by atoms with van der Waals surface area (Å²) in [6, 6.07) is 3.94. The van der Waals surface area contributed by atoms with Crippen molar-refractivity contribution in [2.24, 2.45) is 0 Å². The number of nitrogens with one attached hydrogen (secondary N) is 1. The van der Waals surface area contributed by atoms with Crippen LogP contribution < -0.4 is 5.32 Å². The highest BCUT2D eigenvalue weighted by atomic mass is 16.5. The Bertz CT molecular complexity index is 441. The van der Waals surface area contributed by atoms with Crippen molar-refractivity contribution in [1.29, 1.82) is 0 Å². The molecule has 0 saturated carbocycles. The molecule has 6 heteroatoms. The van der Waals surface area contributed by atoms with Crippen LogP contribution in [0.25, 0.3) is 0 Å². The van der Waals surface area contributed by atoms with Crippen LogP contribution in [0, 0.1) is 0 Å². The third-order valence-electron chi connectivity index (χ3n) is 3.57. The Morgan fingerprint density at radius 1 is 1.52 bits per heavy atom. The van der Waals surface area contributed by atoms with Crippen LogP contribution in [0.2, 0.25) is 0 Å². The summed E-state index contributed by atoms with van der Waals surface area (Å²) < 4.78 is 10.7. The lowest BCUT2D eigenvalue weighted by Crippen LogP contribution is -2.51. The third-order valence-corrected chi connectivity index (χ3v) is 3.57. The monoisotopic (exact) mass is 293 g/mol. The first-order valence-electron chi connectivity index (χ1n) is 7.16. The van der Waals surface area contributed by atoms with Crippen LogP contribution in [-0.2, 0) is 20.8 Å². The number of rotatable bonds is 6. The van der Waals surface area contributed by atoms with Gasteiger partial charge in [-0.3, -0.25) is 14.7 Å². The van der Waals surface area contributed by atoms with Gasteiger partial charge in [-0.25, -0.2) is 0 Å². The van der Waals surface area contributed by atoms with Crippen molar-refractivity contribution < 1.29 is 14.3 Å². The van der Waals surface area contributed by atoms with Crippen LogP contribution in [0.5, 0.6) is 0 Å². The molecule has 2 atom stereocenters. The molecule has 1 aliphatic heterocycles. The first-order valence-corrected chi connectivity index (χ1v) is 7.16. The maximum Gasteiger partial charge on any atom is 0.234 e. The van der Waals surface area contributed by atoms with E-state index in [2.05, 4.69) is 10.3 Å². The Morgan fingerprint density at radius 3 is 3.00 bits per heavy atom. The van der Waals surface area contributed by atoms with Gasteiger partial charge < -0.3 is 14.8 Å². The number of aromatic nitrogens is 1. The summed E-state index contributed by atoms with van der Waals surface area (Å²) in [6.45, 7) is 2.28. The summed E-state index contributed by atoms with van der Waals surface area (Å²) in [4.78, 5) is 18.1. The van der Waals surface area contributed by atoms with Crippen molar-refractivity contribution in [2.45, 2.75) is 25.1 Å². The molecule has 0 spiro atoms. The molecule has 0 unspecified atom stereocenters. The van der Waals surface area contributed by atoms with Crippen LogP contribution >= 0.6 is 0 Å². The number of likely N-dealkylation sites (N-methyl/N-ethyl adjacent to an activating group) is 1. The summed E-state index contributed by atoms with van der Waals surface area (Å²) in [5, 5.41) is 3.04. The smallest absolute Gasteiger partial charge is 0.234 e. The molecule has 1 aromatic rings. The quantitative estimate of drug-likeness (QED) is 0.824. The minimum absolute atomic E-state index is 0.0144. The van der Waals surface area contributed by atoms with Gasteiger partial charge in [0.05, 0.1) is 19.2 Å². The van der Waals surface area contributed by atoms with Crippen LogP contribution in [-0.4, -0.2) is 61.9 Å². The number of carbonyl (C=O) groups is 1. The van der Waals surface area contributed by atoms with Crippen LogP contribution in [0.1, 0.15) is 12.0 Å². The zero-order chi connectivity index (χ0) is 15.1. The van der Waals surface area contributed by atoms with E-state index in [0.29, 0.717) is 19.8 Å². The highest BCUT2D eigenvalue weighted by Gasteiger charge is 2.27. The Kier molecular flexibility index (Phi) is 6.10. The molecule has 1 N–H and O–H groups in total. The van der Waals surface area contributed by atoms with E-state index in [0.717, 1.165) is 18.5 Å². The third kappa shape index (κ3) is 5.08. The van der Waals surface area contributed by atoms with Crippen LogP contribution in [0.15, 0.2) is 24.5 Å². The van der Waals surface area contributed by atoms with Gasteiger partial charge in [0.15, 0.2) is 0 Å². The molecule has 1 aromatic heterocycles. The number of nitrogens with zero attached hydrogens (tertiary/aromatic N) is 2. The molecule has 1 saturated heterocycles. The largest absolute Gasteiger partial charge is 0.379 e. The second kappa shape index (κ2) is 8.07. The Morgan fingerprint density at radius 2 is 2.29 bits per heavy atom. The Hall–Kier alpha value is -1.50. The lowest BCUT2D eigenvalue weighted by molar-refractivity contribution is -0.126. The highest BCUT2D eigenvalue weighted by Crippen LogP contribution is 2.10. The second-order valence-electron chi connectivity index (χ2n) is 5.34. The fourth-order valence-electron chi connectivity index (χ4n) is 2.46. The van der Waals surface area contributed by atoms with Gasteiger partial charge in [0.2, 0.25) is 5.91 Å². The van der Waals surface area contributed by atoms with Gasteiger partial charge in [-0.1, -0.05) is 0 Å². The molecule has 1 amide bonds. The van der Waals surface area contributed by atoms with E-state index in [1.54, 1.807) is 19.5 Å². The predicted molar refractivity (Wildman–Crippen MR) is 78.7 cm³/mol. The molecule has 2 heterocycles. The minimum atomic E-state index is -0.0618. The van der Waals surface area contributed by atoms with Gasteiger partial charge in [0, 0.05) is 32.7 Å². The minimum Gasteiger partial charge on any atom is -0.379 e. The maximum absolute atomic E-state index is 12.1. The molecule has 1 fully saturated rings. The molecule has 2 rings (SSSR count). The Labute approximate surface area is 125 Å². The summed E-state index contributed by atoms with van der Waals surface area (Å²) in [7, 11) is 3.58. The number of amides is 1. The predicted octanol–water partition coefficient (Wildman–Crippen LogP) is 0.434. The van der Waals surface area contributed by atoms with Crippen molar-refractivity contribution in [3.05, 3.63) is 30.1 Å². The second-order valence-corrected chi connectivity index (χ2v) is 5.34. The fraction of sp³-hybridized carbons (Fsp3) is 0.600. The van der Waals surface area contributed by atoms with Crippen molar-refractivity contribution in [1.82, 2.24) is 15.2 Å². The number of hydrogen-bond donors (Lipinski definition) is 1. The van der Waals surface area contributed by atoms with Crippen molar-refractivity contribution in [2.75, 3.05) is 33.9 Å². The summed E-state index contributed by atoms with van der Waals surface area (Å²) in [5.41, 5.74) is 1.14. The highest BCUT2D eigenvalue weighted by molar-refractivity contribution is 5.78. The molecule has 116 valence electrons. The van der Waals surface area contributed by atoms with Crippen LogP contribution in [0.3, 0.4) is 0 Å². The van der Waals surface area contributed by atoms with Crippen molar-refractivity contribution >= 4 is 5.91 Å². The van der Waals surface area contributed by atoms with E-state index < -0.39 is 0 Å². The first-order chi connectivity index (χ1) is 10.2. The van der Waals surface area contributed by atoms with E-state index in [9.17, 15) is 4.79 Å². The molecule has 0 aromatic carbocycles. The molecule has 21 heavy (non-hydrogen) atoms. The van der Waals surface area contributed by atoms with Gasteiger partial charge >= 0.3 is 0 Å². The molecule has 0 bridgehead atoms. The average molecular weight is 293 g/mol. The molecular weight excluding hydrogens is 270 g/mol. The number of ether oxygens (including phenoxy) is 2. The molecule has 1 aliphatic rings. The zero-order valence-corrected chi connectivity index (χ0v) is 12.6. The molecular formula is C15H23N3O3. The lowest BCUT2D eigenvalue weighted by Gasteiger charge is -2.31. The van der Waals surface area contributed by atoms with E-state index in [1.807, 2.05) is 24.1 Å². The number of carbonyl (C=O) groups excluding carboxylic acids is 1. The standard InChI is InChI=1S/C15H23N3O3/c1-18(9-12-3-6-16-7-4-12)10-15(19)17-13-5-8-21-11-14(13)20-2/h3-4,6-7,13-14H,5,8-11H2,1-2H3,(H,17,19)/t13-,14-/m1/s1. The van der Waals surface area contributed by atoms with Gasteiger partial charge in [-0.15, -0.1) is 0 Å². The summed E-state index contributed by atoms with van der Waals surface area (Å²) in [5.74, 6) is 0.0144. The van der Waals surface area contributed by atoms with Gasteiger partial charge in [0.1, 0.15) is 6.10 Å². The van der Waals surface area contributed by atoms with E-state index in [1.165, 1.54) is 0 Å². The van der Waals surface area contributed by atoms with E-state index in [-0.39, 0.29) is 18.1 Å². The maximum atomic E-state index is 12.1. The first kappa shape index (κ1) is 15.9. The van der Waals surface area contributed by atoms with E-state index >= 15 is 0 Å². The molecule has 0 radical (unpaired) electrons. The lowest BCUT2D eigenvalue weighted by atomic mass is 10.1. The summed E-state index contributed by atoms with van der Waals surface area (Å²) in [6.07, 6.45) is 4.24. The zero-order valence-electron chi connectivity index (χ0n) is 12.6. The Balaban J connectivity index is 1.78. The molecule has 0 aliphatic carbocycles. The topological polar surface area (TPSA) is 63.7 Å². The normalized spacial score (nSPS) is 22.2. The van der Waals surface area contributed by atoms with Crippen LogP contribution in [0.4, 0.5) is 0 Å². The number of pyridine rings is 1. The summed E-state index contributed by atoms with van der Waals surface area (Å²) >= 11 is 0. The number of methoxy groups -OCH3 is 1. The van der Waals surface area contributed by atoms with Gasteiger partial charge in [0.25, 0.3) is 0 Å². The fourth-order valence-corrected chi connectivity index (χ4v) is 2.46. The van der Waals surface area contributed by atoms with Gasteiger partial charge in [-0.2, -0.15) is 0 Å². The number of hydrogen-bond acceptors (Lipinski definition) is 5. The van der Waals surface area contributed by atoms with Gasteiger partial charge in [-0.05, 0) is 31.2 Å².